The molecule has 4 heteroatoms. The molecule has 2 N–H and O–H groups in total. The smallest absolute Gasteiger partial charge is 0.305 e. The van der Waals surface area contributed by atoms with Gasteiger partial charge in [0.25, 0.3) is 0 Å². The summed E-state index contributed by atoms with van der Waals surface area (Å²) in [5.41, 5.74) is 1.87. The molecule has 1 aliphatic rings. The van der Waals surface area contributed by atoms with Gasteiger partial charge in [0.1, 0.15) is 0 Å². The number of carbonyl (C=O) groups is 2. The Bertz CT molecular complexity index is 551. The molecule has 1 aromatic carbocycles. The molecule has 0 aromatic heterocycles. The van der Waals surface area contributed by atoms with Crippen molar-refractivity contribution in [2.45, 2.75) is 38.6 Å². The Morgan fingerprint density at radius 1 is 1.33 bits per heavy atom. The lowest BCUT2D eigenvalue weighted by Gasteiger charge is -2.23. The first kappa shape index (κ1) is 15.3. The van der Waals surface area contributed by atoms with Crippen LogP contribution in [0.5, 0.6) is 0 Å². The van der Waals surface area contributed by atoms with Crippen molar-refractivity contribution in [1.82, 2.24) is 5.32 Å². The van der Waals surface area contributed by atoms with Crippen LogP contribution < -0.4 is 5.32 Å². The number of allylic oxidation sites excluding steroid dienone is 2. The van der Waals surface area contributed by atoms with Crippen molar-refractivity contribution in [1.29, 1.82) is 0 Å². The topological polar surface area (TPSA) is 66.4 Å². The Morgan fingerprint density at radius 3 is 2.71 bits per heavy atom. The van der Waals surface area contributed by atoms with Crippen molar-refractivity contribution in [3.63, 3.8) is 0 Å². The minimum atomic E-state index is -0.910. The normalized spacial score (nSPS) is 19.0. The second-order valence-corrected chi connectivity index (χ2v) is 5.50. The summed E-state index contributed by atoms with van der Waals surface area (Å²) >= 11 is 0. The highest BCUT2D eigenvalue weighted by molar-refractivity contribution is 5.80. The summed E-state index contributed by atoms with van der Waals surface area (Å²) in [6, 6.07) is 7.11. The summed E-state index contributed by atoms with van der Waals surface area (Å²) in [5, 5.41) is 12.0. The molecule has 4 nitrogen and oxygen atoms in total. The van der Waals surface area contributed by atoms with E-state index in [1.807, 2.05) is 37.3 Å². The Kier molecular flexibility index (Phi) is 5.14. The van der Waals surface area contributed by atoms with Gasteiger partial charge in [-0.05, 0) is 37.3 Å². The third-order valence-electron chi connectivity index (χ3n) is 3.90. The van der Waals surface area contributed by atoms with Gasteiger partial charge in [0.15, 0.2) is 0 Å². The Labute approximate surface area is 124 Å². The van der Waals surface area contributed by atoms with Gasteiger partial charge in [-0.2, -0.15) is 0 Å². The molecule has 1 aromatic rings. The number of carboxylic acids is 1. The molecule has 112 valence electrons. The predicted molar refractivity (Wildman–Crippen MR) is 80.8 cm³/mol. The summed E-state index contributed by atoms with van der Waals surface area (Å²) in [5.74, 6) is -1.00. The van der Waals surface area contributed by atoms with Crippen LogP contribution in [0, 0.1) is 12.8 Å². The highest BCUT2D eigenvalue weighted by Crippen LogP contribution is 2.24. The van der Waals surface area contributed by atoms with E-state index in [2.05, 4.69) is 11.4 Å². The molecular formula is C17H21NO3. The molecule has 0 fully saturated rings. The highest BCUT2D eigenvalue weighted by atomic mass is 16.4. The van der Waals surface area contributed by atoms with Gasteiger partial charge >= 0.3 is 5.97 Å². The van der Waals surface area contributed by atoms with Crippen LogP contribution in [0.4, 0.5) is 0 Å². The maximum atomic E-state index is 12.3. The summed E-state index contributed by atoms with van der Waals surface area (Å²) < 4.78 is 0. The Balaban J connectivity index is 2.13. The van der Waals surface area contributed by atoms with Crippen LogP contribution in [0.3, 0.4) is 0 Å². The lowest BCUT2D eigenvalue weighted by molar-refractivity contribution is -0.138. The number of aliphatic carboxylic acids is 1. The number of hydrogen-bond acceptors (Lipinski definition) is 2. The third kappa shape index (κ3) is 4.18. The molecule has 0 radical (unpaired) electrons. The number of carbonyl (C=O) groups excluding carboxylic acids is 1. The van der Waals surface area contributed by atoms with Crippen LogP contribution >= 0.6 is 0 Å². The monoisotopic (exact) mass is 287 g/mol. The van der Waals surface area contributed by atoms with Crippen molar-refractivity contribution < 1.29 is 14.7 Å². The van der Waals surface area contributed by atoms with Crippen molar-refractivity contribution in [2.75, 3.05) is 0 Å². The predicted octanol–water partition coefficient (Wildman–Crippen LogP) is 2.98. The number of nitrogens with one attached hydrogen (secondary N) is 1. The van der Waals surface area contributed by atoms with Crippen LogP contribution in [0.25, 0.3) is 0 Å². The SMILES string of the molecule is Cc1ccccc1[C@@H](CC(=O)O)NC(=O)[C@@H]1CC=CCC1. The van der Waals surface area contributed by atoms with E-state index in [0.29, 0.717) is 0 Å². The largest absolute Gasteiger partial charge is 0.481 e. The van der Waals surface area contributed by atoms with E-state index in [9.17, 15) is 9.59 Å². The molecule has 1 aliphatic carbocycles. The average molecular weight is 287 g/mol. The van der Waals surface area contributed by atoms with Gasteiger partial charge < -0.3 is 10.4 Å². The molecule has 0 spiro atoms. The molecule has 0 unspecified atom stereocenters. The van der Waals surface area contributed by atoms with Gasteiger partial charge in [-0.3, -0.25) is 9.59 Å². The van der Waals surface area contributed by atoms with E-state index in [1.54, 1.807) is 0 Å². The van der Waals surface area contributed by atoms with Crippen molar-refractivity contribution in [3.8, 4) is 0 Å². The minimum absolute atomic E-state index is 0.0460. The second-order valence-electron chi connectivity index (χ2n) is 5.50. The summed E-state index contributed by atoms with van der Waals surface area (Å²) in [6.07, 6.45) is 6.48. The summed E-state index contributed by atoms with van der Waals surface area (Å²) in [4.78, 5) is 23.4. The molecule has 0 bridgehead atoms. The van der Waals surface area contributed by atoms with Crippen molar-refractivity contribution in [3.05, 3.63) is 47.5 Å². The summed E-state index contributed by atoms with van der Waals surface area (Å²) in [7, 11) is 0. The van der Waals surface area contributed by atoms with Gasteiger partial charge in [-0.15, -0.1) is 0 Å². The van der Waals surface area contributed by atoms with E-state index in [0.717, 1.165) is 30.4 Å². The zero-order valence-corrected chi connectivity index (χ0v) is 12.2. The number of hydrogen-bond donors (Lipinski definition) is 2. The van der Waals surface area contributed by atoms with Crippen LogP contribution in [0.1, 0.15) is 42.9 Å². The molecule has 2 atom stereocenters. The van der Waals surface area contributed by atoms with Gasteiger partial charge in [0, 0.05) is 5.92 Å². The first-order valence-corrected chi connectivity index (χ1v) is 7.30. The molecule has 21 heavy (non-hydrogen) atoms. The van der Waals surface area contributed by atoms with Crippen molar-refractivity contribution in [2.24, 2.45) is 5.92 Å². The number of rotatable bonds is 5. The maximum Gasteiger partial charge on any atom is 0.305 e. The number of amides is 1. The van der Waals surface area contributed by atoms with Crippen LogP contribution in [0.2, 0.25) is 0 Å². The van der Waals surface area contributed by atoms with E-state index >= 15 is 0 Å². The van der Waals surface area contributed by atoms with Gasteiger partial charge in [0.2, 0.25) is 5.91 Å². The lowest BCUT2D eigenvalue weighted by atomic mass is 9.92. The molecule has 0 saturated carbocycles. The fraction of sp³-hybridized carbons (Fsp3) is 0.412. The zero-order valence-electron chi connectivity index (χ0n) is 12.2. The van der Waals surface area contributed by atoms with Crippen LogP contribution in [-0.2, 0) is 9.59 Å². The molecular weight excluding hydrogens is 266 g/mol. The first-order chi connectivity index (χ1) is 10.1. The van der Waals surface area contributed by atoms with Gasteiger partial charge in [-0.25, -0.2) is 0 Å². The lowest BCUT2D eigenvalue weighted by Crippen LogP contribution is -2.35. The third-order valence-corrected chi connectivity index (χ3v) is 3.90. The fourth-order valence-electron chi connectivity index (χ4n) is 2.71. The minimum Gasteiger partial charge on any atom is -0.481 e. The first-order valence-electron chi connectivity index (χ1n) is 7.30. The molecule has 2 rings (SSSR count). The van der Waals surface area contributed by atoms with E-state index in [1.165, 1.54) is 0 Å². The van der Waals surface area contributed by atoms with Gasteiger partial charge in [-0.1, -0.05) is 36.4 Å². The molecule has 0 heterocycles. The van der Waals surface area contributed by atoms with Crippen LogP contribution in [0.15, 0.2) is 36.4 Å². The van der Waals surface area contributed by atoms with Crippen molar-refractivity contribution >= 4 is 11.9 Å². The fourth-order valence-corrected chi connectivity index (χ4v) is 2.71. The van der Waals surface area contributed by atoms with E-state index in [-0.39, 0.29) is 18.2 Å². The quantitative estimate of drug-likeness (QED) is 0.818. The summed E-state index contributed by atoms with van der Waals surface area (Å²) in [6.45, 7) is 1.93. The molecule has 0 aliphatic heterocycles. The highest BCUT2D eigenvalue weighted by Gasteiger charge is 2.24. The number of aryl methyl sites for hydroxylation is 1. The number of carboxylic acid groups (broad SMARTS) is 1. The average Bonchev–Trinajstić information content (AvgIpc) is 2.47. The second kappa shape index (κ2) is 7.07. The zero-order chi connectivity index (χ0) is 15.2. The molecule has 1 amide bonds. The van der Waals surface area contributed by atoms with E-state index < -0.39 is 12.0 Å². The Hall–Kier alpha value is -2.10. The van der Waals surface area contributed by atoms with Crippen LogP contribution in [-0.4, -0.2) is 17.0 Å². The standard InChI is InChI=1S/C17H21NO3/c1-12-7-5-6-10-14(12)15(11-16(19)20)18-17(21)13-8-3-2-4-9-13/h2-3,5-7,10,13,15H,4,8-9,11H2,1H3,(H,18,21)(H,19,20)/t13-,15-/m1/s1. The maximum absolute atomic E-state index is 12.3. The Morgan fingerprint density at radius 2 is 2.10 bits per heavy atom. The molecule has 0 saturated heterocycles. The van der Waals surface area contributed by atoms with Gasteiger partial charge in [0.05, 0.1) is 12.5 Å². The number of benzene rings is 1. The van der Waals surface area contributed by atoms with E-state index in [4.69, 9.17) is 5.11 Å².